The third kappa shape index (κ3) is 5.07. The molecule has 1 saturated heterocycles. The fourth-order valence-corrected chi connectivity index (χ4v) is 2.50. The molecular formula is C16H24ClNO4. The number of likely N-dealkylation sites (tertiary alicyclic amines) is 1. The summed E-state index contributed by atoms with van der Waals surface area (Å²) < 4.78 is 15.7. The highest BCUT2D eigenvalue weighted by Crippen LogP contribution is 2.27. The zero-order valence-corrected chi connectivity index (χ0v) is 14.0. The van der Waals surface area contributed by atoms with Crippen molar-refractivity contribution in [2.24, 2.45) is 0 Å². The zero-order valence-electron chi connectivity index (χ0n) is 13.2. The summed E-state index contributed by atoms with van der Waals surface area (Å²) in [6.45, 7) is 3.44. The third-order valence-corrected chi connectivity index (χ3v) is 3.71. The molecule has 1 aromatic carbocycles. The monoisotopic (exact) mass is 329 g/mol. The molecule has 6 heteroatoms. The maximum atomic E-state index is 12.0. The van der Waals surface area contributed by atoms with Crippen molar-refractivity contribution < 1.29 is 19.0 Å². The Morgan fingerprint density at radius 2 is 1.77 bits per heavy atom. The summed E-state index contributed by atoms with van der Waals surface area (Å²) in [4.78, 5) is 14.4. The Bertz CT molecular complexity index is 475. The average molecular weight is 330 g/mol. The van der Waals surface area contributed by atoms with Gasteiger partial charge in [-0.2, -0.15) is 0 Å². The van der Waals surface area contributed by atoms with E-state index in [2.05, 4.69) is 4.90 Å². The molecule has 22 heavy (non-hydrogen) atoms. The number of rotatable bonds is 6. The van der Waals surface area contributed by atoms with Crippen molar-refractivity contribution in [3.8, 4) is 11.5 Å². The lowest BCUT2D eigenvalue weighted by Gasteiger charge is -2.25. The van der Waals surface area contributed by atoms with Crippen LogP contribution in [0.4, 0.5) is 0 Å². The zero-order chi connectivity index (χ0) is 15.1. The average Bonchev–Trinajstić information content (AvgIpc) is 2.55. The first-order valence-corrected chi connectivity index (χ1v) is 7.36. The van der Waals surface area contributed by atoms with Gasteiger partial charge in [0.05, 0.1) is 19.8 Å². The molecule has 1 heterocycles. The Hall–Kier alpha value is -1.46. The van der Waals surface area contributed by atoms with Gasteiger partial charge in [0.15, 0.2) is 11.5 Å². The van der Waals surface area contributed by atoms with Gasteiger partial charge in [-0.3, -0.25) is 4.90 Å². The Labute approximate surface area is 137 Å². The van der Waals surface area contributed by atoms with Crippen molar-refractivity contribution in [1.82, 2.24) is 4.90 Å². The molecule has 0 bridgehead atoms. The minimum atomic E-state index is -0.326. The number of piperidine rings is 1. The first-order valence-electron chi connectivity index (χ1n) is 7.36. The summed E-state index contributed by atoms with van der Waals surface area (Å²) in [5, 5.41) is 0. The standard InChI is InChI=1S/C16H23NO4.ClH/c1-19-14-7-6-13(12-15(14)20-2)16(18)21-11-10-17-8-4-3-5-9-17;/h6-7,12H,3-5,8-11H2,1-2H3;1H. The van der Waals surface area contributed by atoms with E-state index in [-0.39, 0.29) is 18.4 Å². The summed E-state index contributed by atoms with van der Waals surface area (Å²) >= 11 is 0. The van der Waals surface area contributed by atoms with Crippen LogP contribution in [0.15, 0.2) is 18.2 Å². The van der Waals surface area contributed by atoms with Crippen molar-refractivity contribution >= 4 is 18.4 Å². The molecule has 0 N–H and O–H groups in total. The quantitative estimate of drug-likeness (QED) is 0.751. The summed E-state index contributed by atoms with van der Waals surface area (Å²) in [5.74, 6) is 0.804. The van der Waals surface area contributed by atoms with Crippen LogP contribution in [-0.4, -0.2) is 51.3 Å². The lowest BCUT2D eigenvalue weighted by Crippen LogP contribution is -2.33. The number of ether oxygens (including phenoxy) is 3. The fraction of sp³-hybridized carbons (Fsp3) is 0.562. The molecule has 124 valence electrons. The van der Waals surface area contributed by atoms with E-state index < -0.39 is 0 Å². The highest BCUT2D eigenvalue weighted by molar-refractivity contribution is 5.90. The first kappa shape index (κ1) is 18.6. The molecule has 0 atom stereocenters. The Morgan fingerprint density at radius 3 is 2.41 bits per heavy atom. The van der Waals surface area contributed by atoms with Gasteiger partial charge >= 0.3 is 5.97 Å². The van der Waals surface area contributed by atoms with Crippen LogP contribution in [0.3, 0.4) is 0 Å². The number of methoxy groups -OCH3 is 2. The van der Waals surface area contributed by atoms with Gasteiger partial charge in [0.1, 0.15) is 6.61 Å². The topological polar surface area (TPSA) is 48.0 Å². The van der Waals surface area contributed by atoms with Crippen molar-refractivity contribution in [2.45, 2.75) is 19.3 Å². The van der Waals surface area contributed by atoms with Crippen molar-refractivity contribution in [3.05, 3.63) is 23.8 Å². The van der Waals surface area contributed by atoms with E-state index >= 15 is 0 Å². The second-order valence-corrected chi connectivity index (χ2v) is 5.11. The normalized spacial score (nSPS) is 14.8. The molecule has 0 spiro atoms. The molecule has 2 rings (SSSR count). The number of hydrogen-bond donors (Lipinski definition) is 0. The van der Waals surface area contributed by atoms with E-state index in [0.717, 1.165) is 19.6 Å². The van der Waals surface area contributed by atoms with Crippen LogP contribution in [0.2, 0.25) is 0 Å². The molecule has 1 fully saturated rings. The molecule has 0 saturated carbocycles. The molecule has 0 aliphatic carbocycles. The second kappa shape index (κ2) is 9.54. The Balaban J connectivity index is 0.00000242. The van der Waals surface area contributed by atoms with E-state index in [1.807, 2.05) is 0 Å². The van der Waals surface area contributed by atoms with Gasteiger partial charge in [0.2, 0.25) is 0 Å². The molecule has 1 aliphatic rings. The van der Waals surface area contributed by atoms with Crippen LogP contribution >= 0.6 is 12.4 Å². The Morgan fingerprint density at radius 1 is 1.09 bits per heavy atom. The van der Waals surface area contributed by atoms with Gasteiger partial charge in [-0.25, -0.2) is 4.79 Å². The number of hydrogen-bond acceptors (Lipinski definition) is 5. The van der Waals surface area contributed by atoms with Gasteiger partial charge < -0.3 is 14.2 Å². The van der Waals surface area contributed by atoms with E-state index in [9.17, 15) is 4.79 Å². The maximum absolute atomic E-state index is 12.0. The van der Waals surface area contributed by atoms with Gasteiger partial charge in [0, 0.05) is 6.54 Å². The van der Waals surface area contributed by atoms with Crippen LogP contribution in [0.1, 0.15) is 29.6 Å². The number of carbonyl (C=O) groups excluding carboxylic acids is 1. The summed E-state index contributed by atoms with van der Waals surface area (Å²) in [5.41, 5.74) is 0.478. The van der Waals surface area contributed by atoms with Crippen LogP contribution in [0, 0.1) is 0 Å². The molecule has 0 radical (unpaired) electrons. The highest BCUT2D eigenvalue weighted by Gasteiger charge is 2.13. The molecule has 1 aliphatic heterocycles. The maximum Gasteiger partial charge on any atom is 0.338 e. The van der Waals surface area contributed by atoms with Gasteiger partial charge in [-0.1, -0.05) is 6.42 Å². The molecule has 1 aromatic rings. The van der Waals surface area contributed by atoms with Crippen LogP contribution in [-0.2, 0) is 4.74 Å². The van der Waals surface area contributed by atoms with E-state index in [4.69, 9.17) is 14.2 Å². The van der Waals surface area contributed by atoms with Crippen molar-refractivity contribution in [3.63, 3.8) is 0 Å². The van der Waals surface area contributed by atoms with Gasteiger partial charge in [-0.05, 0) is 44.1 Å². The predicted octanol–water partition coefficient (Wildman–Crippen LogP) is 2.77. The molecule has 0 aromatic heterocycles. The number of esters is 1. The number of halogens is 1. The molecule has 5 nitrogen and oxygen atoms in total. The number of benzene rings is 1. The molecule has 0 amide bonds. The summed E-state index contributed by atoms with van der Waals surface area (Å²) in [7, 11) is 3.11. The molecular weight excluding hydrogens is 306 g/mol. The summed E-state index contributed by atoms with van der Waals surface area (Å²) in [6, 6.07) is 5.03. The number of nitrogens with zero attached hydrogens (tertiary/aromatic N) is 1. The lowest BCUT2D eigenvalue weighted by atomic mass is 10.1. The van der Waals surface area contributed by atoms with E-state index in [0.29, 0.717) is 23.7 Å². The fourth-order valence-electron chi connectivity index (χ4n) is 2.50. The lowest BCUT2D eigenvalue weighted by molar-refractivity contribution is 0.0451. The Kier molecular flexibility index (Phi) is 8.06. The van der Waals surface area contributed by atoms with E-state index in [1.54, 1.807) is 32.4 Å². The minimum absolute atomic E-state index is 0. The predicted molar refractivity (Wildman–Crippen MR) is 87.4 cm³/mol. The van der Waals surface area contributed by atoms with Crippen LogP contribution in [0.25, 0.3) is 0 Å². The first-order chi connectivity index (χ1) is 10.2. The van der Waals surface area contributed by atoms with Crippen LogP contribution in [0.5, 0.6) is 11.5 Å². The number of carbonyl (C=O) groups is 1. The SMILES string of the molecule is COc1ccc(C(=O)OCCN2CCCCC2)cc1OC.Cl. The highest BCUT2D eigenvalue weighted by atomic mass is 35.5. The van der Waals surface area contributed by atoms with Crippen molar-refractivity contribution in [1.29, 1.82) is 0 Å². The third-order valence-electron chi connectivity index (χ3n) is 3.71. The molecule has 0 unspecified atom stereocenters. The van der Waals surface area contributed by atoms with Crippen LogP contribution < -0.4 is 9.47 Å². The largest absolute Gasteiger partial charge is 0.493 e. The second-order valence-electron chi connectivity index (χ2n) is 5.11. The van der Waals surface area contributed by atoms with Gasteiger partial charge in [-0.15, -0.1) is 12.4 Å². The summed E-state index contributed by atoms with van der Waals surface area (Å²) in [6.07, 6.45) is 3.79. The minimum Gasteiger partial charge on any atom is -0.493 e. The smallest absolute Gasteiger partial charge is 0.338 e. The van der Waals surface area contributed by atoms with E-state index in [1.165, 1.54) is 19.3 Å². The van der Waals surface area contributed by atoms with Gasteiger partial charge in [0.25, 0.3) is 0 Å². The van der Waals surface area contributed by atoms with Crippen molar-refractivity contribution in [2.75, 3.05) is 40.5 Å².